The lowest BCUT2D eigenvalue weighted by Crippen LogP contribution is -2.30. The molecule has 0 heterocycles. The summed E-state index contributed by atoms with van der Waals surface area (Å²) in [6.45, 7) is 7.29. The van der Waals surface area contributed by atoms with Gasteiger partial charge in [0, 0.05) is 25.7 Å². The fourth-order valence-corrected chi connectivity index (χ4v) is 14.5. The van der Waals surface area contributed by atoms with E-state index in [1.807, 2.05) is 0 Å². The lowest BCUT2D eigenvalue weighted by atomic mass is 10.0. The van der Waals surface area contributed by atoms with Gasteiger partial charge in [-0.05, 0) is 31.6 Å². The Kier molecular flexibility index (Phi) is 74.4. The summed E-state index contributed by atoms with van der Waals surface area (Å²) in [5.74, 6) is -1.40. The SMILES string of the molecule is CCCCCCCCCCCCCCCCCCCCCCC(=O)O[C@H](COC(=O)CCCCCCCCCCCCCCCCCCC)COP(=O)(O)OC[C@@H](O)COP(=O)(O)OC[C@@H](COC(=O)CCCCCCCCCC(C)C)OC(=O)CCCCCCCCCCCCCCCCC. The molecule has 0 aromatic carbocycles. The van der Waals surface area contributed by atoms with Gasteiger partial charge in [0.2, 0.25) is 0 Å². The molecule has 102 heavy (non-hydrogen) atoms. The smallest absolute Gasteiger partial charge is 0.462 e. The molecule has 5 atom stereocenters. The van der Waals surface area contributed by atoms with Crippen molar-refractivity contribution in [3.05, 3.63) is 0 Å². The first-order chi connectivity index (χ1) is 49.5. The first kappa shape index (κ1) is 100. The minimum absolute atomic E-state index is 0.108. The van der Waals surface area contributed by atoms with E-state index in [2.05, 4.69) is 34.6 Å². The number of phosphoric ester groups is 2. The van der Waals surface area contributed by atoms with Crippen LogP contribution in [-0.4, -0.2) is 96.7 Å². The van der Waals surface area contributed by atoms with E-state index in [1.54, 1.807) is 0 Å². The Morgan fingerprint density at radius 1 is 0.265 bits per heavy atom. The third-order valence-electron chi connectivity index (χ3n) is 19.5. The molecule has 2 unspecified atom stereocenters. The van der Waals surface area contributed by atoms with Gasteiger partial charge in [-0.3, -0.25) is 37.3 Å². The molecule has 19 heteroatoms. The van der Waals surface area contributed by atoms with Gasteiger partial charge >= 0.3 is 39.5 Å². The summed E-state index contributed by atoms with van der Waals surface area (Å²) in [6, 6.07) is 0. The second kappa shape index (κ2) is 75.9. The predicted octanol–water partition coefficient (Wildman–Crippen LogP) is 25.2. The van der Waals surface area contributed by atoms with E-state index in [0.717, 1.165) is 96.3 Å². The Labute approximate surface area is 626 Å². The van der Waals surface area contributed by atoms with Crippen molar-refractivity contribution in [1.82, 2.24) is 0 Å². The Bertz CT molecular complexity index is 1940. The molecule has 0 aromatic heterocycles. The minimum Gasteiger partial charge on any atom is -0.462 e. The van der Waals surface area contributed by atoms with Crippen LogP contribution >= 0.6 is 15.6 Å². The number of hydrogen-bond acceptors (Lipinski definition) is 15. The topological polar surface area (TPSA) is 237 Å². The third-order valence-corrected chi connectivity index (χ3v) is 21.4. The van der Waals surface area contributed by atoms with Crippen LogP contribution < -0.4 is 0 Å². The second-order valence-corrected chi connectivity index (χ2v) is 33.3. The number of carbonyl (C=O) groups is 4. The van der Waals surface area contributed by atoms with Gasteiger partial charge in [0.1, 0.15) is 19.3 Å². The summed E-state index contributed by atoms with van der Waals surface area (Å²) in [5, 5.41) is 10.7. The maximum atomic E-state index is 13.1. The monoisotopic (exact) mass is 1490 g/mol. The van der Waals surface area contributed by atoms with Crippen LogP contribution in [0, 0.1) is 5.92 Å². The molecule has 0 aromatic rings. The number of unbranched alkanes of at least 4 members (excludes halogenated alkanes) is 55. The summed E-state index contributed by atoms with van der Waals surface area (Å²) < 4.78 is 68.8. The van der Waals surface area contributed by atoms with Crippen molar-refractivity contribution in [1.29, 1.82) is 0 Å². The van der Waals surface area contributed by atoms with Crippen molar-refractivity contribution in [2.45, 2.75) is 464 Å². The van der Waals surface area contributed by atoms with E-state index < -0.39 is 97.5 Å². The van der Waals surface area contributed by atoms with Gasteiger partial charge in [-0.15, -0.1) is 0 Å². The molecule has 0 aliphatic rings. The molecule has 0 aliphatic carbocycles. The van der Waals surface area contributed by atoms with E-state index in [-0.39, 0.29) is 25.7 Å². The van der Waals surface area contributed by atoms with Crippen molar-refractivity contribution < 1.29 is 80.2 Å². The van der Waals surface area contributed by atoms with Gasteiger partial charge in [0.15, 0.2) is 12.2 Å². The molecule has 0 bridgehead atoms. The minimum atomic E-state index is -4.96. The van der Waals surface area contributed by atoms with Crippen molar-refractivity contribution in [3.8, 4) is 0 Å². The lowest BCUT2D eigenvalue weighted by molar-refractivity contribution is -0.161. The summed E-state index contributed by atoms with van der Waals surface area (Å²) in [5.41, 5.74) is 0. The number of aliphatic hydroxyl groups excluding tert-OH is 1. The quantitative estimate of drug-likeness (QED) is 0.0222. The fourth-order valence-electron chi connectivity index (χ4n) is 12.9. The molecule has 0 spiro atoms. The number of ether oxygens (including phenoxy) is 4. The number of rotatable bonds is 83. The molecule has 0 saturated heterocycles. The van der Waals surface area contributed by atoms with Crippen LogP contribution in [-0.2, 0) is 65.4 Å². The van der Waals surface area contributed by atoms with Crippen LogP contribution in [0.25, 0.3) is 0 Å². The molecule has 0 aliphatic heterocycles. The maximum Gasteiger partial charge on any atom is 0.472 e. The van der Waals surface area contributed by atoms with Crippen LogP contribution in [0.4, 0.5) is 0 Å². The molecule has 0 amide bonds. The largest absolute Gasteiger partial charge is 0.472 e. The lowest BCUT2D eigenvalue weighted by Gasteiger charge is -2.21. The van der Waals surface area contributed by atoms with Crippen molar-refractivity contribution in [3.63, 3.8) is 0 Å². The molecule has 606 valence electrons. The maximum absolute atomic E-state index is 13.1. The summed E-state index contributed by atoms with van der Waals surface area (Å²) in [7, 11) is -9.92. The number of aliphatic hydroxyl groups is 1. The Hall–Kier alpha value is -1.94. The number of carbonyl (C=O) groups excluding carboxylic acids is 4. The highest BCUT2D eigenvalue weighted by Crippen LogP contribution is 2.45. The van der Waals surface area contributed by atoms with Gasteiger partial charge < -0.3 is 33.8 Å². The zero-order chi connectivity index (χ0) is 74.8. The van der Waals surface area contributed by atoms with E-state index in [0.29, 0.717) is 31.6 Å². The van der Waals surface area contributed by atoms with E-state index >= 15 is 0 Å². The number of hydrogen-bond donors (Lipinski definition) is 3. The summed E-state index contributed by atoms with van der Waals surface area (Å²) in [6.07, 6.45) is 68.1. The van der Waals surface area contributed by atoms with Gasteiger partial charge in [-0.2, -0.15) is 0 Å². The Balaban J connectivity index is 5.23. The molecular formula is C83H162O17P2. The van der Waals surface area contributed by atoms with Gasteiger partial charge in [0.25, 0.3) is 0 Å². The third kappa shape index (κ3) is 76.3. The Morgan fingerprint density at radius 3 is 0.667 bits per heavy atom. The number of esters is 4. The zero-order valence-electron chi connectivity index (χ0n) is 66.8. The van der Waals surface area contributed by atoms with Crippen LogP contribution in [0.2, 0.25) is 0 Å². The zero-order valence-corrected chi connectivity index (χ0v) is 68.5. The highest BCUT2D eigenvalue weighted by molar-refractivity contribution is 7.47. The van der Waals surface area contributed by atoms with Crippen LogP contribution in [0.3, 0.4) is 0 Å². The first-order valence-electron chi connectivity index (χ1n) is 43.1. The highest BCUT2D eigenvalue weighted by Gasteiger charge is 2.30. The molecule has 0 radical (unpaired) electrons. The normalized spacial score (nSPS) is 13.8. The molecule has 0 rings (SSSR count). The van der Waals surface area contributed by atoms with Crippen LogP contribution in [0.5, 0.6) is 0 Å². The van der Waals surface area contributed by atoms with Crippen LogP contribution in [0.1, 0.15) is 446 Å². The van der Waals surface area contributed by atoms with E-state index in [1.165, 1.54) is 263 Å². The highest BCUT2D eigenvalue weighted by atomic mass is 31.2. The molecular weight excluding hydrogens is 1330 g/mol. The van der Waals surface area contributed by atoms with Gasteiger partial charge in [-0.1, -0.05) is 394 Å². The fraction of sp³-hybridized carbons (Fsp3) is 0.952. The molecule has 3 N–H and O–H groups in total. The summed E-state index contributed by atoms with van der Waals surface area (Å²) >= 11 is 0. The average molecular weight is 1490 g/mol. The molecule has 17 nitrogen and oxygen atoms in total. The Morgan fingerprint density at radius 2 is 0.451 bits per heavy atom. The first-order valence-corrected chi connectivity index (χ1v) is 46.1. The predicted molar refractivity (Wildman–Crippen MR) is 418 cm³/mol. The van der Waals surface area contributed by atoms with Crippen LogP contribution in [0.15, 0.2) is 0 Å². The van der Waals surface area contributed by atoms with E-state index in [4.69, 9.17) is 37.0 Å². The van der Waals surface area contributed by atoms with Crippen molar-refractivity contribution in [2.75, 3.05) is 39.6 Å². The van der Waals surface area contributed by atoms with Crippen molar-refractivity contribution in [2.24, 2.45) is 5.92 Å². The second-order valence-electron chi connectivity index (χ2n) is 30.3. The number of phosphoric acid groups is 2. The van der Waals surface area contributed by atoms with Gasteiger partial charge in [0.05, 0.1) is 26.4 Å². The summed E-state index contributed by atoms with van der Waals surface area (Å²) in [4.78, 5) is 73.1. The molecule has 0 saturated carbocycles. The van der Waals surface area contributed by atoms with Crippen molar-refractivity contribution >= 4 is 39.5 Å². The van der Waals surface area contributed by atoms with E-state index in [9.17, 15) is 43.2 Å². The van der Waals surface area contributed by atoms with Gasteiger partial charge in [-0.25, -0.2) is 9.13 Å². The molecule has 0 fully saturated rings. The standard InChI is InChI=1S/C83H162O17P2/c1-6-9-12-15-18-21-24-27-30-32-33-34-36-39-42-45-48-53-59-64-69-82(87)99-78(72-93-80(85)66-61-56-51-46-43-40-38-35-31-28-25-22-19-16-13-10-7-2)74-97-101(89,90)95-70-77(84)71-96-102(91,92)98-75-79(73-94-81(86)67-62-57-54-49-50-55-60-65-76(4)5)100-83(88)68-63-58-52-47-44-41-37-29-26-23-20-17-14-11-8-3/h76-79,84H,6-75H2,1-5H3,(H,89,90)(H,91,92)/t77-,78-,79-/m1/s1. The average Bonchev–Trinajstić information content (AvgIpc) is 0.913.